The highest BCUT2D eigenvalue weighted by atomic mass is 19.4. The van der Waals surface area contributed by atoms with Crippen molar-refractivity contribution in [2.24, 2.45) is 29.4 Å². The van der Waals surface area contributed by atoms with E-state index < -0.39 is 35.7 Å². The van der Waals surface area contributed by atoms with Crippen LogP contribution in [0.4, 0.5) is 23.2 Å². The molecule has 45 heavy (non-hydrogen) atoms. The summed E-state index contributed by atoms with van der Waals surface area (Å²) in [5, 5.41) is 16.4. The quantitative estimate of drug-likeness (QED) is 0.118. The Labute approximate surface area is 263 Å². The number of nitrogens with two attached hydrogens (primary N) is 1. The molecule has 4 atom stereocenters. The van der Waals surface area contributed by atoms with Gasteiger partial charge in [0.1, 0.15) is 11.6 Å². The molecule has 8 nitrogen and oxygen atoms in total. The lowest BCUT2D eigenvalue weighted by Crippen LogP contribution is -2.42. The Bertz CT molecular complexity index is 1210. The van der Waals surface area contributed by atoms with Gasteiger partial charge >= 0.3 is 6.18 Å². The van der Waals surface area contributed by atoms with Gasteiger partial charge in [0.05, 0.1) is 24.0 Å². The van der Waals surface area contributed by atoms with Crippen LogP contribution in [-0.2, 0) is 27.0 Å². The number of aliphatic hydroxyl groups excluding tert-OH is 1. The molecule has 12 heteroatoms. The molecule has 0 aromatic heterocycles. The van der Waals surface area contributed by atoms with Crippen LogP contribution in [0.5, 0.6) is 5.75 Å². The van der Waals surface area contributed by atoms with Gasteiger partial charge in [-0.1, -0.05) is 39.8 Å². The van der Waals surface area contributed by atoms with Crippen molar-refractivity contribution in [1.29, 1.82) is 0 Å². The Balaban J connectivity index is 2.05. The first-order valence-electron chi connectivity index (χ1n) is 15.2. The van der Waals surface area contributed by atoms with Crippen LogP contribution in [0.15, 0.2) is 42.5 Å². The maximum Gasteiger partial charge on any atom is 0.416 e. The van der Waals surface area contributed by atoms with Crippen molar-refractivity contribution in [2.45, 2.75) is 78.2 Å². The molecule has 0 unspecified atom stereocenters. The van der Waals surface area contributed by atoms with Crippen molar-refractivity contribution >= 4 is 17.5 Å². The molecule has 0 saturated heterocycles. The van der Waals surface area contributed by atoms with Crippen LogP contribution in [0.25, 0.3) is 0 Å². The Hall–Kier alpha value is -3.22. The first kappa shape index (κ1) is 38.0. The van der Waals surface area contributed by atoms with Gasteiger partial charge in [0.2, 0.25) is 11.8 Å². The van der Waals surface area contributed by atoms with Gasteiger partial charge in [-0.05, 0) is 66.5 Å². The lowest BCUT2D eigenvalue weighted by Gasteiger charge is -2.29. The molecule has 2 amide bonds. The van der Waals surface area contributed by atoms with Gasteiger partial charge in [-0.2, -0.15) is 13.2 Å². The average Bonchev–Trinajstić information content (AvgIpc) is 2.96. The Kier molecular flexibility index (Phi) is 15.2. The van der Waals surface area contributed by atoms with E-state index in [4.69, 9.17) is 15.2 Å². The molecule has 0 aliphatic rings. The molecule has 2 aromatic carbocycles. The summed E-state index contributed by atoms with van der Waals surface area (Å²) in [5.41, 5.74) is 6.10. The van der Waals surface area contributed by atoms with Crippen LogP contribution in [0, 0.1) is 29.5 Å². The zero-order valence-corrected chi connectivity index (χ0v) is 26.6. The Morgan fingerprint density at radius 1 is 0.978 bits per heavy atom. The van der Waals surface area contributed by atoms with Crippen LogP contribution in [0.1, 0.15) is 64.5 Å². The summed E-state index contributed by atoms with van der Waals surface area (Å²) in [6.07, 6.45) is -4.86. The van der Waals surface area contributed by atoms with E-state index in [2.05, 4.69) is 10.6 Å². The number of hydrogen-bond donors (Lipinski definition) is 4. The SMILES string of the molecule is COCCCOc1ccc(C(F)(F)F)cc1NC(=O)C[C@@H](C[C@H](N)[C@@H](O)C[C@H](C(=O)NCc1ccc(F)cc1)C(C)C)C(C)C. The summed E-state index contributed by atoms with van der Waals surface area (Å²) in [4.78, 5) is 26.1. The van der Waals surface area contributed by atoms with E-state index in [1.165, 1.54) is 25.3 Å². The number of halogens is 4. The monoisotopic (exact) mass is 641 g/mol. The third-order valence-corrected chi connectivity index (χ3v) is 7.81. The van der Waals surface area contributed by atoms with E-state index >= 15 is 0 Å². The van der Waals surface area contributed by atoms with Crippen LogP contribution < -0.4 is 21.1 Å². The second-order valence-electron chi connectivity index (χ2n) is 12.1. The van der Waals surface area contributed by atoms with Crippen molar-refractivity contribution < 1.29 is 41.7 Å². The number of benzene rings is 2. The number of methoxy groups -OCH3 is 1. The van der Waals surface area contributed by atoms with Crippen LogP contribution in [-0.4, -0.2) is 49.4 Å². The second-order valence-corrected chi connectivity index (χ2v) is 12.1. The zero-order chi connectivity index (χ0) is 33.7. The second kappa shape index (κ2) is 18.1. The number of carbonyl (C=O) groups is 2. The van der Waals surface area contributed by atoms with Crippen molar-refractivity contribution in [3.8, 4) is 5.75 Å². The summed E-state index contributed by atoms with van der Waals surface area (Å²) in [6.45, 7) is 8.32. The molecule has 5 N–H and O–H groups in total. The number of anilines is 1. The number of alkyl halides is 3. The first-order chi connectivity index (χ1) is 21.1. The molecular weight excluding hydrogens is 594 g/mol. The molecule has 2 rings (SSSR count). The first-order valence-corrected chi connectivity index (χ1v) is 15.2. The molecule has 2 aromatic rings. The van der Waals surface area contributed by atoms with E-state index in [1.54, 1.807) is 12.1 Å². The van der Waals surface area contributed by atoms with E-state index in [1.807, 2.05) is 27.7 Å². The van der Waals surface area contributed by atoms with E-state index in [0.29, 0.717) is 13.0 Å². The van der Waals surface area contributed by atoms with Crippen molar-refractivity contribution in [3.63, 3.8) is 0 Å². The molecule has 252 valence electrons. The molecule has 0 aliphatic carbocycles. The maximum atomic E-state index is 13.4. The minimum Gasteiger partial charge on any atom is -0.491 e. The molecule has 0 radical (unpaired) electrons. The number of rotatable bonds is 18. The molecule has 0 aliphatic heterocycles. The van der Waals surface area contributed by atoms with Gasteiger partial charge in [-0.3, -0.25) is 9.59 Å². The van der Waals surface area contributed by atoms with Gasteiger partial charge in [-0.25, -0.2) is 4.39 Å². The van der Waals surface area contributed by atoms with Gasteiger partial charge in [0.15, 0.2) is 0 Å². The third kappa shape index (κ3) is 13.0. The maximum absolute atomic E-state index is 13.4. The molecule has 0 bridgehead atoms. The van der Waals surface area contributed by atoms with Crippen molar-refractivity contribution in [3.05, 3.63) is 59.4 Å². The minimum atomic E-state index is -4.61. The Morgan fingerprint density at radius 2 is 1.64 bits per heavy atom. The largest absolute Gasteiger partial charge is 0.491 e. The minimum absolute atomic E-state index is 0.0415. The topological polar surface area (TPSA) is 123 Å². The van der Waals surface area contributed by atoms with E-state index in [0.717, 1.165) is 17.7 Å². The smallest absolute Gasteiger partial charge is 0.416 e. The average molecular weight is 642 g/mol. The number of amides is 2. The molecular formula is C33H47F4N3O5. The van der Waals surface area contributed by atoms with Crippen LogP contribution in [0.3, 0.4) is 0 Å². The van der Waals surface area contributed by atoms with Gasteiger partial charge in [-0.15, -0.1) is 0 Å². The number of ether oxygens (including phenoxy) is 2. The van der Waals surface area contributed by atoms with Crippen LogP contribution in [0.2, 0.25) is 0 Å². The zero-order valence-electron chi connectivity index (χ0n) is 26.6. The summed E-state index contributed by atoms with van der Waals surface area (Å²) < 4.78 is 64.0. The predicted octanol–water partition coefficient (Wildman–Crippen LogP) is 5.92. The van der Waals surface area contributed by atoms with Crippen molar-refractivity contribution in [1.82, 2.24) is 5.32 Å². The lowest BCUT2D eigenvalue weighted by molar-refractivity contribution is -0.137. The van der Waals surface area contributed by atoms with E-state index in [-0.39, 0.29) is 73.3 Å². The van der Waals surface area contributed by atoms with E-state index in [9.17, 15) is 32.3 Å². The van der Waals surface area contributed by atoms with Crippen molar-refractivity contribution in [2.75, 3.05) is 25.6 Å². The summed E-state index contributed by atoms with van der Waals surface area (Å²) in [7, 11) is 1.53. The van der Waals surface area contributed by atoms with Gasteiger partial charge in [0.25, 0.3) is 0 Å². The third-order valence-electron chi connectivity index (χ3n) is 7.81. The summed E-state index contributed by atoms with van der Waals surface area (Å²) in [5.74, 6) is -2.05. The number of nitrogens with one attached hydrogen (secondary N) is 2. The number of carbonyl (C=O) groups excluding carboxylic acids is 2. The molecule has 0 spiro atoms. The normalized spacial score (nSPS) is 14.6. The van der Waals surface area contributed by atoms with Crippen LogP contribution >= 0.6 is 0 Å². The molecule has 0 saturated carbocycles. The predicted molar refractivity (Wildman–Crippen MR) is 165 cm³/mol. The number of hydrogen-bond acceptors (Lipinski definition) is 6. The van der Waals surface area contributed by atoms with Gasteiger partial charge in [0, 0.05) is 45.1 Å². The fourth-order valence-corrected chi connectivity index (χ4v) is 4.89. The molecule has 0 fully saturated rings. The summed E-state index contributed by atoms with van der Waals surface area (Å²) in [6, 6.07) is 7.94. The fourth-order valence-electron chi connectivity index (χ4n) is 4.89. The highest BCUT2D eigenvalue weighted by Gasteiger charge is 2.32. The van der Waals surface area contributed by atoms with Gasteiger partial charge < -0.3 is 30.9 Å². The highest BCUT2D eigenvalue weighted by Crippen LogP contribution is 2.35. The highest BCUT2D eigenvalue weighted by molar-refractivity contribution is 5.92. The Morgan fingerprint density at radius 3 is 2.22 bits per heavy atom. The lowest BCUT2D eigenvalue weighted by atomic mass is 9.82. The fraction of sp³-hybridized carbons (Fsp3) is 0.576. The summed E-state index contributed by atoms with van der Waals surface area (Å²) >= 11 is 0. The number of aliphatic hydroxyl groups is 1. The molecule has 0 heterocycles. The standard InChI is InChI=1S/C33H47F4N3O5/c1-20(2)23(16-31(42)40-28-17-24(33(35,36)37)9-12-30(28)45-14-6-13-44-5)15-27(38)29(41)18-26(21(3)4)32(43)39-19-22-7-10-25(34)11-8-22/h7-12,17,20-21,23,26-27,29,41H,6,13-16,18-19,38H2,1-5H3,(H,39,43)(H,40,42)/t23-,26+,27+,29+/m1/s1.